The van der Waals surface area contributed by atoms with Gasteiger partial charge in [-0.05, 0) is 36.6 Å². The Hall–Kier alpha value is -3.27. The standard InChI is InChI=1S/C23H28F2N4O4/c1-14(2)17-7-5-6-8-19(17)29(16-11-28(12-16)20(30)13-32-4)23(31)27-18-10-9-15(3)26-21(18)33-22(24)25/h5-10,14,16,22H,11-13H2,1-4H3,(H,27,31). The van der Waals surface area contributed by atoms with E-state index in [2.05, 4.69) is 15.0 Å². The maximum absolute atomic E-state index is 13.5. The van der Waals surface area contributed by atoms with Gasteiger partial charge in [-0.1, -0.05) is 32.0 Å². The molecule has 2 aromatic rings. The Bertz CT molecular complexity index is 996. The molecule has 1 aliphatic rings. The molecule has 0 spiro atoms. The molecule has 1 N–H and O–H groups in total. The summed E-state index contributed by atoms with van der Waals surface area (Å²) in [7, 11) is 1.45. The molecule has 1 aromatic heterocycles. The van der Waals surface area contributed by atoms with Crippen molar-refractivity contribution in [3.8, 4) is 5.88 Å². The molecular formula is C23H28F2N4O4. The number of carbonyl (C=O) groups excluding carboxylic acids is 2. The summed E-state index contributed by atoms with van der Waals surface area (Å²) < 4.78 is 35.2. The second kappa shape index (κ2) is 10.6. The first kappa shape index (κ1) is 24.4. The number of anilines is 2. The summed E-state index contributed by atoms with van der Waals surface area (Å²) in [5.41, 5.74) is 2.13. The van der Waals surface area contributed by atoms with Crippen LogP contribution in [0.2, 0.25) is 0 Å². The Labute approximate surface area is 191 Å². The number of hydrogen-bond donors (Lipinski definition) is 1. The molecule has 0 radical (unpaired) electrons. The summed E-state index contributed by atoms with van der Waals surface area (Å²) >= 11 is 0. The zero-order chi connectivity index (χ0) is 24.1. The topological polar surface area (TPSA) is 84.0 Å². The van der Waals surface area contributed by atoms with E-state index in [1.807, 2.05) is 38.1 Å². The van der Waals surface area contributed by atoms with Crippen LogP contribution < -0.4 is 15.0 Å². The minimum Gasteiger partial charge on any atom is -0.415 e. The van der Waals surface area contributed by atoms with Gasteiger partial charge in [-0.2, -0.15) is 8.78 Å². The third kappa shape index (κ3) is 5.75. The van der Waals surface area contributed by atoms with Crippen molar-refractivity contribution >= 4 is 23.3 Å². The minimum atomic E-state index is -3.08. The number of aromatic nitrogens is 1. The summed E-state index contributed by atoms with van der Waals surface area (Å²) in [5, 5.41) is 2.66. The van der Waals surface area contributed by atoms with Gasteiger partial charge in [-0.15, -0.1) is 0 Å². The van der Waals surface area contributed by atoms with E-state index in [4.69, 9.17) is 4.74 Å². The smallest absolute Gasteiger partial charge is 0.388 e. The summed E-state index contributed by atoms with van der Waals surface area (Å²) in [6.07, 6.45) is 0. The number of halogens is 2. The maximum Gasteiger partial charge on any atom is 0.388 e. The summed E-state index contributed by atoms with van der Waals surface area (Å²) in [6, 6.07) is 9.72. The number of urea groups is 1. The van der Waals surface area contributed by atoms with E-state index in [0.717, 1.165) is 5.56 Å². The van der Waals surface area contributed by atoms with E-state index in [0.29, 0.717) is 24.5 Å². The monoisotopic (exact) mass is 462 g/mol. The fourth-order valence-corrected chi connectivity index (χ4v) is 3.68. The van der Waals surface area contributed by atoms with Crippen LogP contribution in [0.1, 0.15) is 31.0 Å². The molecule has 10 heteroatoms. The first-order valence-electron chi connectivity index (χ1n) is 10.6. The Balaban J connectivity index is 1.91. The van der Waals surface area contributed by atoms with E-state index in [-0.39, 0.29) is 36.0 Å². The van der Waals surface area contributed by atoms with Crippen molar-refractivity contribution in [2.24, 2.45) is 0 Å². The van der Waals surface area contributed by atoms with Crippen LogP contribution in [-0.4, -0.2) is 61.3 Å². The molecule has 1 saturated heterocycles. The first-order valence-corrected chi connectivity index (χ1v) is 10.6. The normalized spacial score (nSPS) is 13.8. The molecule has 0 atom stereocenters. The van der Waals surface area contributed by atoms with Gasteiger partial charge in [0, 0.05) is 31.6 Å². The quantitative estimate of drug-likeness (QED) is 0.641. The number of hydrogen-bond acceptors (Lipinski definition) is 5. The second-order valence-electron chi connectivity index (χ2n) is 8.08. The number of likely N-dealkylation sites (tertiary alicyclic amines) is 1. The summed E-state index contributed by atoms with van der Waals surface area (Å²) in [4.78, 5) is 32.7. The molecule has 0 bridgehead atoms. The lowest BCUT2D eigenvalue weighted by atomic mass is 9.98. The Kier molecular flexibility index (Phi) is 7.80. The highest BCUT2D eigenvalue weighted by molar-refractivity contribution is 6.03. The highest BCUT2D eigenvalue weighted by Gasteiger charge is 2.39. The largest absolute Gasteiger partial charge is 0.415 e. The number of methoxy groups -OCH3 is 1. The number of para-hydroxylation sites is 1. The molecule has 1 aromatic carbocycles. The number of alkyl halides is 2. The number of pyridine rings is 1. The molecule has 3 amide bonds. The maximum atomic E-state index is 13.5. The van der Waals surface area contributed by atoms with Crippen LogP contribution in [0.25, 0.3) is 0 Å². The van der Waals surface area contributed by atoms with Gasteiger partial charge in [0.25, 0.3) is 0 Å². The van der Waals surface area contributed by atoms with E-state index in [1.54, 1.807) is 22.8 Å². The average molecular weight is 462 g/mol. The molecular weight excluding hydrogens is 434 g/mol. The number of rotatable bonds is 8. The fraction of sp³-hybridized carbons (Fsp3) is 0.435. The minimum absolute atomic E-state index is 0.0320. The summed E-state index contributed by atoms with van der Waals surface area (Å²) in [5.74, 6) is -0.399. The van der Waals surface area contributed by atoms with Crippen LogP contribution in [0, 0.1) is 6.92 Å². The predicted octanol–water partition coefficient (Wildman–Crippen LogP) is 4.01. The number of ether oxygens (including phenoxy) is 2. The third-order valence-corrected chi connectivity index (χ3v) is 5.33. The van der Waals surface area contributed by atoms with Gasteiger partial charge < -0.3 is 19.7 Å². The lowest BCUT2D eigenvalue weighted by molar-refractivity contribution is -0.139. The van der Waals surface area contributed by atoms with Crippen molar-refractivity contribution < 1.29 is 27.8 Å². The Morgan fingerprint density at radius 2 is 1.91 bits per heavy atom. The fourth-order valence-electron chi connectivity index (χ4n) is 3.68. The van der Waals surface area contributed by atoms with Crippen LogP contribution in [0.5, 0.6) is 5.88 Å². The molecule has 8 nitrogen and oxygen atoms in total. The first-order chi connectivity index (χ1) is 15.7. The molecule has 1 aliphatic heterocycles. The Morgan fingerprint density at radius 1 is 1.21 bits per heavy atom. The van der Waals surface area contributed by atoms with Crippen molar-refractivity contribution in [1.82, 2.24) is 9.88 Å². The molecule has 178 valence electrons. The number of aryl methyl sites for hydroxylation is 1. The molecule has 0 aliphatic carbocycles. The van der Waals surface area contributed by atoms with Crippen molar-refractivity contribution in [2.45, 2.75) is 39.3 Å². The third-order valence-electron chi connectivity index (χ3n) is 5.33. The van der Waals surface area contributed by atoms with Crippen molar-refractivity contribution in [3.05, 3.63) is 47.7 Å². The highest BCUT2D eigenvalue weighted by atomic mass is 19.3. The average Bonchev–Trinajstić information content (AvgIpc) is 2.71. The summed E-state index contributed by atoms with van der Waals surface area (Å²) in [6.45, 7) is 3.20. The molecule has 33 heavy (non-hydrogen) atoms. The zero-order valence-corrected chi connectivity index (χ0v) is 19.0. The van der Waals surface area contributed by atoms with Gasteiger partial charge in [-0.25, -0.2) is 9.78 Å². The highest BCUT2D eigenvalue weighted by Crippen LogP contribution is 2.33. The van der Waals surface area contributed by atoms with Crippen LogP contribution in [-0.2, 0) is 9.53 Å². The van der Waals surface area contributed by atoms with E-state index >= 15 is 0 Å². The number of amides is 3. The van der Waals surface area contributed by atoms with Crippen molar-refractivity contribution in [2.75, 3.05) is 37.0 Å². The number of nitrogens with zero attached hydrogens (tertiary/aromatic N) is 3. The number of nitrogens with one attached hydrogen (secondary N) is 1. The van der Waals surface area contributed by atoms with Crippen LogP contribution in [0.4, 0.5) is 25.0 Å². The molecule has 3 rings (SSSR count). The lowest BCUT2D eigenvalue weighted by Gasteiger charge is -2.45. The van der Waals surface area contributed by atoms with E-state index in [9.17, 15) is 18.4 Å². The van der Waals surface area contributed by atoms with E-state index in [1.165, 1.54) is 13.2 Å². The number of carbonyl (C=O) groups is 2. The van der Waals surface area contributed by atoms with Crippen molar-refractivity contribution in [1.29, 1.82) is 0 Å². The molecule has 0 saturated carbocycles. The van der Waals surface area contributed by atoms with Gasteiger partial charge in [-0.3, -0.25) is 9.69 Å². The van der Waals surface area contributed by atoms with Crippen LogP contribution in [0.15, 0.2) is 36.4 Å². The molecule has 1 fully saturated rings. The van der Waals surface area contributed by atoms with Gasteiger partial charge in [0.2, 0.25) is 11.8 Å². The van der Waals surface area contributed by atoms with Crippen LogP contribution in [0.3, 0.4) is 0 Å². The predicted molar refractivity (Wildman–Crippen MR) is 120 cm³/mol. The van der Waals surface area contributed by atoms with Crippen molar-refractivity contribution in [3.63, 3.8) is 0 Å². The van der Waals surface area contributed by atoms with Gasteiger partial charge in [0.15, 0.2) is 0 Å². The Morgan fingerprint density at radius 3 is 2.55 bits per heavy atom. The van der Waals surface area contributed by atoms with Gasteiger partial charge in [0.1, 0.15) is 12.3 Å². The SMILES string of the molecule is COCC(=O)N1CC(N(C(=O)Nc2ccc(C)nc2OC(F)F)c2ccccc2C(C)C)C1. The number of benzene rings is 1. The molecule has 0 unspecified atom stereocenters. The van der Waals surface area contributed by atoms with E-state index < -0.39 is 12.6 Å². The van der Waals surface area contributed by atoms with Gasteiger partial charge >= 0.3 is 12.6 Å². The second-order valence-corrected chi connectivity index (χ2v) is 8.08. The lowest BCUT2D eigenvalue weighted by Crippen LogP contribution is -2.64. The van der Waals surface area contributed by atoms with Gasteiger partial charge in [0.05, 0.1) is 6.04 Å². The van der Waals surface area contributed by atoms with Crippen LogP contribution >= 0.6 is 0 Å². The zero-order valence-electron chi connectivity index (χ0n) is 19.0. The molecule has 2 heterocycles.